The number of hydrogen-bond acceptors (Lipinski definition) is 3. The number of carbonyl (C=O) groups is 1. The van der Waals surface area contributed by atoms with E-state index in [2.05, 4.69) is 6.58 Å². The van der Waals surface area contributed by atoms with E-state index in [-0.39, 0.29) is 17.9 Å². The molecular formula is C29H30F4O3. The van der Waals surface area contributed by atoms with Crippen LogP contribution in [0.4, 0.5) is 17.6 Å². The molecule has 3 aliphatic carbocycles. The van der Waals surface area contributed by atoms with E-state index in [1.807, 2.05) is 6.08 Å². The fraction of sp³-hybridized carbons (Fsp3) is 0.483. The van der Waals surface area contributed by atoms with Gasteiger partial charge in [0.25, 0.3) is 0 Å². The molecule has 1 saturated carbocycles. The Balaban J connectivity index is 1.21. The molecule has 7 heteroatoms. The first kappa shape index (κ1) is 25.0. The van der Waals surface area contributed by atoms with Gasteiger partial charge >= 0.3 is 5.97 Å². The number of epoxide rings is 1. The van der Waals surface area contributed by atoms with Crippen molar-refractivity contribution in [1.82, 2.24) is 0 Å². The zero-order chi connectivity index (χ0) is 25.4. The highest BCUT2D eigenvalue weighted by molar-refractivity contribution is 5.77. The van der Waals surface area contributed by atoms with E-state index in [9.17, 15) is 22.4 Å². The first-order valence-corrected chi connectivity index (χ1v) is 12.7. The lowest BCUT2D eigenvalue weighted by Gasteiger charge is -2.27. The Kier molecular flexibility index (Phi) is 7.20. The minimum Gasteiger partial charge on any atom is -0.423 e. The highest BCUT2D eigenvalue weighted by Crippen LogP contribution is 2.43. The molecular weight excluding hydrogens is 472 g/mol. The molecule has 0 aromatic heterocycles. The monoisotopic (exact) mass is 502 g/mol. The number of rotatable bonds is 6. The van der Waals surface area contributed by atoms with E-state index in [4.69, 9.17) is 9.47 Å². The third-order valence-electron chi connectivity index (χ3n) is 8.09. The molecule has 0 spiro atoms. The van der Waals surface area contributed by atoms with E-state index in [1.165, 1.54) is 12.1 Å². The van der Waals surface area contributed by atoms with Gasteiger partial charge in [0.15, 0.2) is 17.4 Å². The standard InChI is InChI=1S/C29H30F4O3/c1-2-16-3-5-17(6-4-16)21-13-14-23(28(33)26(21)31)36-29(34)19-9-7-18(8-10-19)20-11-12-22(24-15-35-24)27(32)25(20)30/h2,7,9,11,13-14,16-19,22,24H,1,3-6,8,10,12,15H2. The topological polar surface area (TPSA) is 38.8 Å². The van der Waals surface area contributed by atoms with Crippen molar-refractivity contribution in [2.75, 3.05) is 6.61 Å². The minimum atomic E-state index is -1.16. The molecule has 36 heavy (non-hydrogen) atoms. The van der Waals surface area contributed by atoms with Gasteiger partial charge in [-0.15, -0.1) is 6.58 Å². The molecule has 0 radical (unpaired) electrons. The van der Waals surface area contributed by atoms with Gasteiger partial charge in [-0.05, 0) is 74.0 Å². The Labute approximate surface area is 208 Å². The lowest BCUT2D eigenvalue weighted by Crippen LogP contribution is -2.24. The van der Waals surface area contributed by atoms with Crippen LogP contribution >= 0.6 is 0 Å². The van der Waals surface area contributed by atoms with Crippen LogP contribution in [-0.2, 0) is 9.53 Å². The quantitative estimate of drug-likeness (QED) is 0.134. The second kappa shape index (κ2) is 10.4. The van der Waals surface area contributed by atoms with Crippen LogP contribution in [0.15, 0.2) is 60.2 Å². The number of halogens is 4. The summed E-state index contributed by atoms with van der Waals surface area (Å²) in [6, 6.07) is 2.82. The molecule has 0 amide bonds. The van der Waals surface area contributed by atoms with Crippen molar-refractivity contribution < 1.29 is 31.8 Å². The molecule has 5 rings (SSSR count). The molecule has 4 unspecified atom stereocenters. The van der Waals surface area contributed by atoms with Gasteiger partial charge in [-0.1, -0.05) is 30.4 Å². The molecule has 1 saturated heterocycles. The van der Waals surface area contributed by atoms with Gasteiger partial charge in [0.05, 0.1) is 18.6 Å². The molecule has 1 heterocycles. The summed E-state index contributed by atoms with van der Waals surface area (Å²) in [4.78, 5) is 12.7. The van der Waals surface area contributed by atoms with Crippen molar-refractivity contribution >= 4 is 5.97 Å². The van der Waals surface area contributed by atoms with Gasteiger partial charge in [0.2, 0.25) is 5.82 Å². The maximum Gasteiger partial charge on any atom is 0.318 e. The van der Waals surface area contributed by atoms with E-state index in [0.29, 0.717) is 42.9 Å². The maximum absolute atomic E-state index is 14.8. The average Bonchev–Trinajstić information content (AvgIpc) is 3.74. The molecule has 4 aliphatic rings. The van der Waals surface area contributed by atoms with Crippen LogP contribution in [0, 0.1) is 35.3 Å². The number of esters is 1. The van der Waals surface area contributed by atoms with Gasteiger partial charge in [-0.3, -0.25) is 4.79 Å². The van der Waals surface area contributed by atoms with E-state index in [0.717, 1.165) is 25.7 Å². The Hall–Kier alpha value is -2.67. The molecule has 2 fully saturated rings. The third-order valence-corrected chi connectivity index (χ3v) is 8.09. The maximum atomic E-state index is 14.8. The number of hydrogen-bond donors (Lipinski definition) is 0. The molecule has 4 atom stereocenters. The van der Waals surface area contributed by atoms with Crippen molar-refractivity contribution in [3.8, 4) is 5.75 Å². The number of carbonyl (C=O) groups excluding carboxylic acids is 1. The Morgan fingerprint density at radius 2 is 1.75 bits per heavy atom. The first-order chi connectivity index (χ1) is 17.4. The van der Waals surface area contributed by atoms with Crippen LogP contribution in [0.25, 0.3) is 0 Å². The first-order valence-electron chi connectivity index (χ1n) is 12.7. The zero-order valence-electron chi connectivity index (χ0n) is 20.0. The fourth-order valence-electron chi connectivity index (χ4n) is 5.73. The predicted molar refractivity (Wildman–Crippen MR) is 127 cm³/mol. The third kappa shape index (κ3) is 4.95. The van der Waals surface area contributed by atoms with Gasteiger partial charge in [-0.2, -0.15) is 4.39 Å². The highest BCUT2D eigenvalue weighted by Gasteiger charge is 2.40. The summed E-state index contributed by atoms with van der Waals surface area (Å²) in [5.74, 6) is -6.12. The molecule has 3 nitrogen and oxygen atoms in total. The zero-order valence-corrected chi connectivity index (χ0v) is 20.0. The van der Waals surface area contributed by atoms with Gasteiger partial charge in [0.1, 0.15) is 5.83 Å². The predicted octanol–water partition coefficient (Wildman–Crippen LogP) is 7.41. The SMILES string of the molecule is C=CC1CCC(c2ccc(OC(=O)C3C=CC(C4=CCC(C5CO5)C(F)=C4F)CC3)c(F)c2F)CC1. The van der Waals surface area contributed by atoms with Crippen LogP contribution in [0.5, 0.6) is 5.75 Å². The summed E-state index contributed by atoms with van der Waals surface area (Å²) < 4.78 is 69.1. The van der Waals surface area contributed by atoms with Crippen LogP contribution in [-0.4, -0.2) is 18.7 Å². The van der Waals surface area contributed by atoms with E-state index < -0.39 is 46.8 Å². The largest absolute Gasteiger partial charge is 0.423 e. The Morgan fingerprint density at radius 3 is 2.39 bits per heavy atom. The van der Waals surface area contributed by atoms with Crippen molar-refractivity contribution in [3.63, 3.8) is 0 Å². The molecule has 0 N–H and O–H groups in total. The van der Waals surface area contributed by atoms with Gasteiger partial charge < -0.3 is 9.47 Å². The molecule has 0 bridgehead atoms. The molecule has 192 valence electrons. The number of benzene rings is 1. The summed E-state index contributed by atoms with van der Waals surface area (Å²) in [6.45, 7) is 4.26. The van der Waals surface area contributed by atoms with Crippen LogP contribution in [0.1, 0.15) is 56.4 Å². The lowest BCUT2D eigenvalue weighted by molar-refractivity contribution is -0.137. The second-order valence-corrected chi connectivity index (χ2v) is 10.3. The molecule has 1 aromatic rings. The van der Waals surface area contributed by atoms with Crippen molar-refractivity contribution in [2.24, 2.45) is 23.7 Å². The number of ether oxygens (including phenoxy) is 2. The van der Waals surface area contributed by atoms with Crippen LogP contribution < -0.4 is 4.74 Å². The molecule has 1 aliphatic heterocycles. The molecule has 1 aromatic carbocycles. The second-order valence-electron chi connectivity index (χ2n) is 10.3. The number of allylic oxidation sites excluding steroid dienone is 5. The lowest BCUT2D eigenvalue weighted by atomic mass is 9.78. The average molecular weight is 503 g/mol. The van der Waals surface area contributed by atoms with E-state index in [1.54, 1.807) is 18.2 Å². The smallest absolute Gasteiger partial charge is 0.318 e. The summed E-state index contributed by atoms with van der Waals surface area (Å²) in [5.41, 5.74) is 0.604. The summed E-state index contributed by atoms with van der Waals surface area (Å²) in [5, 5.41) is 0. The normalized spacial score (nSPS) is 32.2. The van der Waals surface area contributed by atoms with Gasteiger partial charge in [0, 0.05) is 11.8 Å². The summed E-state index contributed by atoms with van der Waals surface area (Å²) >= 11 is 0. The van der Waals surface area contributed by atoms with Crippen molar-refractivity contribution in [1.29, 1.82) is 0 Å². The van der Waals surface area contributed by atoms with Crippen LogP contribution in [0.2, 0.25) is 0 Å². The van der Waals surface area contributed by atoms with E-state index >= 15 is 0 Å². The Morgan fingerprint density at radius 1 is 1.00 bits per heavy atom. The van der Waals surface area contributed by atoms with Crippen molar-refractivity contribution in [3.05, 3.63) is 77.4 Å². The van der Waals surface area contributed by atoms with Gasteiger partial charge in [-0.25, -0.2) is 13.2 Å². The Bertz CT molecular complexity index is 1130. The fourth-order valence-corrected chi connectivity index (χ4v) is 5.73. The summed E-state index contributed by atoms with van der Waals surface area (Å²) in [7, 11) is 0. The highest BCUT2D eigenvalue weighted by atomic mass is 19.2. The van der Waals surface area contributed by atoms with Crippen LogP contribution in [0.3, 0.4) is 0 Å². The van der Waals surface area contributed by atoms with Crippen molar-refractivity contribution in [2.45, 2.75) is 57.0 Å². The minimum absolute atomic E-state index is 0.0703. The summed E-state index contributed by atoms with van der Waals surface area (Å²) in [6.07, 6.45) is 11.0.